The smallest absolute Gasteiger partial charge is 0.321 e. The van der Waals surface area contributed by atoms with Crippen LogP contribution in [0, 0.1) is 0 Å². The topological polar surface area (TPSA) is 73.5 Å². The van der Waals surface area contributed by atoms with Gasteiger partial charge in [0.1, 0.15) is 0 Å². The van der Waals surface area contributed by atoms with Crippen LogP contribution in [-0.2, 0) is 6.54 Å². The summed E-state index contributed by atoms with van der Waals surface area (Å²) in [6, 6.07) is 14.7. The van der Waals surface area contributed by atoms with Crippen molar-refractivity contribution in [2.45, 2.75) is 13.5 Å². The number of nitrogens with one attached hydrogen (secondary N) is 3. The van der Waals surface area contributed by atoms with E-state index in [0.717, 1.165) is 30.0 Å². The Balaban J connectivity index is 1.66. The summed E-state index contributed by atoms with van der Waals surface area (Å²) in [4.78, 5) is 25.7. The van der Waals surface area contributed by atoms with E-state index in [1.54, 1.807) is 29.2 Å². The van der Waals surface area contributed by atoms with Crippen LogP contribution in [0.2, 0.25) is 0 Å². The average Bonchev–Trinajstić information content (AvgIpc) is 3.06. The second kappa shape index (κ2) is 7.81. The number of amides is 3. The van der Waals surface area contributed by atoms with Crippen LogP contribution in [0.3, 0.4) is 0 Å². The molecule has 0 spiro atoms. The molecular weight excluding hydrogens is 316 g/mol. The highest BCUT2D eigenvalue weighted by atomic mass is 16.2. The van der Waals surface area contributed by atoms with Crippen molar-refractivity contribution in [1.82, 2.24) is 10.6 Å². The Hall–Kier alpha value is -2.86. The zero-order chi connectivity index (χ0) is 17.6. The molecule has 6 heteroatoms. The van der Waals surface area contributed by atoms with Crippen LogP contribution in [0.1, 0.15) is 22.8 Å². The average molecular weight is 338 g/mol. The van der Waals surface area contributed by atoms with Crippen LogP contribution < -0.4 is 20.9 Å². The predicted octanol–water partition coefficient (Wildman–Crippen LogP) is 2.58. The fraction of sp³-hybridized carbons (Fsp3) is 0.263. The lowest BCUT2D eigenvalue weighted by molar-refractivity contribution is 0.102. The van der Waals surface area contributed by atoms with Gasteiger partial charge in [0.15, 0.2) is 0 Å². The lowest BCUT2D eigenvalue weighted by atomic mass is 10.1. The van der Waals surface area contributed by atoms with Gasteiger partial charge in [0.2, 0.25) is 0 Å². The largest absolute Gasteiger partial charge is 0.336 e. The van der Waals surface area contributed by atoms with Gasteiger partial charge in [-0.15, -0.1) is 0 Å². The van der Waals surface area contributed by atoms with Crippen LogP contribution in [0.4, 0.5) is 16.2 Å². The monoisotopic (exact) mass is 338 g/mol. The summed E-state index contributed by atoms with van der Waals surface area (Å²) in [5, 5.41) is 8.94. The van der Waals surface area contributed by atoms with E-state index in [4.69, 9.17) is 0 Å². The molecule has 25 heavy (non-hydrogen) atoms. The molecule has 2 aromatic rings. The maximum atomic E-state index is 12.4. The van der Waals surface area contributed by atoms with E-state index in [1.165, 1.54) is 0 Å². The Bertz CT molecular complexity index is 758. The molecule has 3 amide bonds. The van der Waals surface area contributed by atoms with E-state index in [2.05, 4.69) is 22.9 Å². The summed E-state index contributed by atoms with van der Waals surface area (Å²) >= 11 is 0. The van der Waals surface area contributed by atoms with Crippen molar-refractivity contribution in [3.8, 4) is 0 Å². The van der Waals surface area contributed by atoms with Gasteiger partial charge in [-0.3, -0.25) is 9.69 Å². The van der Waals surface area contributed by atoms with Crippen LogP contribution in [0.25, 0.3) is 0 Å². The minimum absolute atomic E-state index is 0.102. The van der Waals surface area contributed by atoms with E-state index >= 15 is 0 Å². The van der Waals surface area contributed by atoms with Crippen LogP contribution >= 0.6 is 0 Å². The molecule has 1 heterocycles. The van der Waals surface area contributed by atoms with E-state index in [1.807, 2.05) is 24.3 Å². The molecule has 0 atom stereocenters. The van der Waals surface area contributed by atoms with Gasteiger partial charge in [0, 0.05) is 36.6 Å². The Kier molecular flexibility index (Phi) is 5.30. The highest BCUT2D eigenvalue weighted by molar-refractivity contribution is 6.04. The number of carbonyl (C=O) groups is 2. The van der Waals surface area contributed by atoms with Gasteiger partial charge < -0.3 is 16.0 Å². The standard InChI is InChI=1S/C19H22N4O2/c1-2-20-13-14-4-3-5-16(12-14)22-18(24)15-6-8-17(9-7-15)23-11-10-21-19(23)25/h3-9,12,20H,2,10-11,13H2,1H3,(H,21,25)(H,22,24). The van der Waals surface area contributed by atoms with Crippen molar-refractivity contribution in [1.29, 1.82) is 0 Å². The molecule has 1 fully saturated rings. The summed E-state index contributed by atoms with van der Waals surface area (Å²) in [5.41, 5.74) is 3.23. The highest BCUT2D eigenvalue weighted by Gasteiger charge is 2.21. The number of rotatable bonds is 6. The molecule has 0 bridgehead atoms. The SMILES string of the molecule is CCNCc1cccc(NC(=O)c2ccc(N3CCNC3=O)cc2)c1. The van der Waals surface area contributed by atoms with Crippen LogP contribution in [0.5, 0.6) is 0 Å². The van der Waals surface area contributed by atoms with Crippen molar-refractivity contribution in [2.24, 2.45) is 0 Å². The van der Waals surface area contributed by atoms with Gasteiger partial charge in [0.25, 0.3) is 5.91 Å². The molecule has 0 unspecified atom stereocenters. The number of benzene rings is 2. The lowest BCUT2D eigenvalue weighted by Gasteiger charge is -2.14. The predicted molar refractivity (Wildman–Crippen MR) is 99.0 cm³/mol. The molecule has 0 aromatic heterocycles. The van der Waals surface area contributed by atoms with E-state index in [-0.39, 0.29) is 11.9 Å². The number of carbonyl (C=O) groups excluding carboxylic acids is 2. The fourth-order valence-electron chi connectivity index (χ4n) is 2.74. The number of anilines is 2. The Morgan fingerprint density at radius 3 is 2.68 bits per heavy atom. The third-order valence-corrected chi connectivity index (χ3v) is 4.06. The molecular formula is C19H22N4O2. The Morgan fingerprint density at radius 1 is 1.20 bits per heavy atom. The highest BCUT2D eigenvalue weighted by Crippen LogP contribution is 2.18. The van der Waals surface area contributed by atoms with Gasteiger partial charge in [-0.1, -0.05) is 19.1 Å². The van der Waals surface area contributed by atoms with Gasteiger partial charge in [-0.25, -0.2) is 4.79 Å². The van der Waals surface area contributed by atoms with Crippen molar-refractivity contribution >= 4 is 23.3 Å². The Labute approximate surface area is 147 Å². The number of urea groups is 1. The summed E-state index contributed by atoms with van der Waals surface area (Å²) in [7, 11) is 0. The molecule has 0 aliphatic carbocycles. The fourth-order valence-corrected chi connectivity index (χ4v) is 2.74. The molecule has 1 saturated heterocycles. The summed E-state index contributed by atoms with van der Waals surface area (Å²) in [5.74, 6) is -0.168. The number of hydrogen-bond acceptors (Lipinski definition) is 3. The second-order valence-electron chi connectivity index (χ2n) is 5.87. The first-order valence-electron chi connectivity index (χ1n) is 8.44. The van der Waals surface area contributed by atoms with Gasteiger partial charge in [0.05, 0.1) is 0 Å². The van der Waals surface area contributed by atoms with Crippen molar-refractivity contribution in [2.75, 3.05) is 29.9 Å². The molecule has 2 aromatic carbocycles. The summed E-state index contributed by atoms with van der Waals surface area (Å²) in [6.45, 7) is 5.01. The maximum absolute atomic E-state index is 12.4. The minimum atomic E-state index is -0.168. The third-order valence-electron chi connectivity index (χ3n) is 4.06. The molecule has 0 radical (unpaired) electrons. The van der Waals surface area contributed by atoms with E-state index in [9.17, 15) is 9.59 Å². The number of nitrogens with zero attached hydrogens (tertiary/aromatic N) is 1. The lowest BCUT2D eigenvalue weighted by Crippen LogP contribution is -2.27. The van der Waals surface area contributed by atoms with Crippen molar-refractivity contribution in [3.63, 3.8) is 0 Å². The molecule has 3 N–H and O–H groups in total. The zero-order valence-corrected chi connectivity index (χ0v) is 14.2. The van der Waals surface area contributed by atoms with Crippen molar-refractivity contribution in [3.05, 3.63) is 59.7 Å². The molecule has 0 saturated carbocycles. The molecule has 1 aliphatic rings. The van der Waals surface area contributed by atoms with Crippen LogP contribution in [0.15, 0.2) is 48.5 Å². The quantitative estimate of drug-likeness (QED) is 0.758. The van der Waals surface area contributed by atoms with E-state index < -0.39 is 0 Å². The van der Waals surface area contributed by atoms with Gasteiger partial charge in [-0.05, 0) is 48.5 Å². The minimum Gasteiger partial charge on any atom is -0.336 e. The molecule has 6 nitrogen and oxygen atoms in total. The first kappa shape index (κ1) is 17.0. The molecule has 1 aliphatic heterocycles. The second-order valence-corrected chi connectivity index (χ2v) is 5.87. The number of hydrogen-bond donors (Lipinski definition) is 3. The van der Waals surface area contributed by atoms with Crippen molar-refractivity contribution < 1.29 is 9.59 Å². The maximum Gasteiger partial charge on any atom is 0.321 e. The van der Waals surface area contributed by atoms with E-state index in [0.29, 0.717) is 18.7 Å². The first-order valence-corrected chi connectivity index (χ1v) is 8.44. The zero-order valence-electron chi connectivity index (χ0n) is 14.2. The molecule has 3 rings (SSSR count). The molecule has 130 valence electrons. The summed E-state index contributed by atoms with van der Waals surface area (Å²) < 4.78 is 0. The third kappa shape index (κ3) is 4.16. The summed E-state index contributed by atoms with van der Waals surface area (Å²) in [6.07, 6.45) is 0. The van der Waals surface area contributed by atoms with Gasteiger partial charge in [-0.2, -0.15) is 0 Å². The van der Waals surface area contributed by atoms with Crippen LogP contribution in [-0.4, -0.2) is 31.6 Å². The van der Waals surface area contributed by atoms with Gasteiger partial charge >= 0.3 is 6.03 Å². The Morgan fingerprint density at radius 2 is 2.00 bits per heavy atom. The first-order chi connectivity index (χ1) is 12.2. The normalized spacial score (nSPS) is 13.6.